The molecule has 0 aromatic heterocycles. The van der Waals surface area contributed by atoms with Crippen LogP contribution in [-0.2, 0) is 10.0 Å². The molecular formula is C17H17FN2O3S. The Balaban J connectivity index is 1.86. The van der Waals surface area contributed by atoms with E-state index in [0.29, 0.717) is 29.9 Å². The molecule has 1 aliphatic rings. The second kappa shape index (κ2) is 6.24. The fourth-order valence-electron chi connectivity index (χ4n) is 2.66. The minimum absolute atomic E-state index is 0.117. The van der Waals surface area contributed by atoms with Crippen LogP contribution >= 0.6 is 0 Å². The topological polar surface area (TPSA) is 66.5 Å². The summed E-state index contributed by atoms with van der Waals surface area (Å²) in [6.45, 7) is 2.18. The van der Waals surface area contributed by atoms with Crippen LogP contribution in [0.3, 0.4) is 0 Å². The zero-order chi connectivity index (χ0) is 17.3. The summed E-state index contributed by atoms with van der Waals surface area (Å²) in [6.07, 6.45) is 0.571. The molecule has 0 atom stereocenters. The Hall–Kier alpha value is -2.41. The largest absolute Gasteiger partial charge is 0.322 e. The van der Waals surface area contributed by atoms with Gasteiger partial charge in [-0.15, -0.1) is 0 Å². The van der Waals surface area contributed by atoms with Gasteiger partial charge in [-0.2, -0.15) is 0 Å². The number of halogens is 1. The molecule has 0 saturated carbocycles. The predicted molar refractivity (Wildman–Crippen MR) is 91.3 cm³/mol. The summed E-state index contributed by atoms with van der Waals surface area (Å²) in [4.78, 5) is 12.4. The molecule has 1 heterocycles. The lowest BCUT2D eigenvalue weighted by molar-refractivity contribution is 0.102. The molecule has 1 fully saturated rings. The summed E-state index contributed by atoms with van der Waals surface area (Å²) in [6, 6.07) is 10.6. The van der Waals surface area contributed by atoms with E-state index in [1.165, 1.54) is 22.5 Å². The highest BCUT2D eigenvalue weighted by Gasteiger charge is 2.28. The van der Waals surface area contributed by atoms with Gasteiger partial charge in [-0.1, -0.05) is 12.1 Å². The maximum atomic E-state index is 13.3. The third-order valence-electron chi connectivity index (χ3n) is 3.94. The van der Waals surface area contributed by atoms with Crippen molar-refractivity contribution in [3.63, 3.8) is 0 Å². The lowest BCUT2D eigenvalue weighted by Gasteiger charge is -2.17. The van der Waals surface area contributed by atoms with Crippen LogP contribution in [-0.4, -0.2) is 26.6 Å². The van der Waals surface area contributed by atoms with Crippen molar-refractivity contribution in [2.75, 3.05) is 21.9 Å². The molecule has 1 saturated heterocycles. The highest BCUT2D eigenvalue weighted by Crippen LogP contribution is 2.25. The molecule has 5 nitrogen and oxygen atoms in total. The van der Waals surface area contributed by atoms with Gasteiger partial charge in [-0.05, 0) is 49.2 Å². The van der Waals surface area contributed by atoms with E-state index in [9.17, 15) is 17.6 Å². The first kappa shape index (κ1) is 16.4. The molecule has 7 heteroatoms. The molecule has 1 N–H and O–H groups in total. The number of nitrogens with zero attached hydrogens (tertiary/aromatic N) is 1. The summed E-state index contributed by atoms with van der Waals surface area (Å²) < 4.78 is 38.6. The first-order valence-electron chi connectivity index (χ1n) is 7.55. The lowest BCUT2D eigenvalue weighted by atomic mass is 10.1. The highest BCUT2D eigenvalue weighted by molar-refractivity contribution is 7.93. The standard InChI is InChI=1S/C17H17FN2O3S/c1-12-6-7-14(18)11-16(12)19-17(21)13-4-2-5-15(10-13)20-8-3-9-24(20,22)23/h2,4-7,10-11H,3,8-9H2,1H3,(H,19,21). The van der Waals surface area contributed by atoms with Crippen LogP contribution in [0.2, 0.25) is 0 Å². The number of hydrogen-bond acceptors (Lipinski definition) is 3. The maximum absolute atomic E-state index is 13.3. The van der Waals surface area contributed by atoms with Gasteiger partial charge >= 0.3 is 0 Å². The number of benzene rings is 2. The van der Waals surface area contributed by atoms with Gasteiger partial charge in [0.05, 0.1) is 11.4 Å². The molecule has 3 rings (SSSR count). The van der Waals surface area contributed by atoms with E-state index in [-0.39, 0.29) is 5.75 Å². The SMILES string of the molecule is Cc1ccc(F)cc1NC(=O)c1cccc(N2CCCS2(=O)=O)c1. The van der Waals surface area contributed by atoms with Crippen LogP contribution in [0.1, 0.15) is 22.3 Å². The normalized spacial score (nSPS) is 16.2. The number of carbonyl (C=O) groups excluding carboxylic acids is 1. The second-order valence-corrected chi connectivity index (χ2v) is 7.72. The van der Waals surface area contributed by atoms with Crippen molar-refractivity contribution in [2.45, 2.75) is 13.3 Å². The molecule has 0 aliphatic carbocycles. The molecule has 126 valence electrons. The van der Waals surface area contributed by atoms with E-state index in [1.54, 1.807) is 31.2 Å². The molecule has 2 aromatic rings. The smallest absolute Gasteiger partial charge is 0.255 e. The minimum atomic E-state index is -3.30. The van der Waals surface area contributed by atoms with Gasteiger partial charge in [-0.25, -0.2) is 12.8 Å². The quantitative estimate of drug-likeness (QED) is 0.927. The Morgan fingerprint density at radius 1 is 1.21 bits per heavy atom. The van der Waals surface area contributed by atoms with Crippen LogP contribution in [0.4, 0.5) is 15.8 Å². The van der Waals surface area contributed by atoms with Crippen molar-refractivity contribution in [3.8, 4) is 0 Å². The zero-order valence-electron chi connectivity index (χ0n) is 13.1. The molecule has 0 spiro atoms. The van der Waals surface area contributed by atoms with Crippen molar-refractivity contribution < 1.29 is 17.6 Å². The van der Waals surface area contributed by atoms with Crippen molar-refractivity contribution in [2.24, 2.45) is 0 Å². The van der Waals surface area contributed by atoms with E-state index in [2.05, 4.69) is 5.32 Å². The van der Waals surface area contributed by atoms with Gasteiger partial charge in [0.25, 0.3) is 5.91 Å². The molecule has 0 unspecified atom stereocenters. The van der Waals surface area contributed by atoms with Crippen molar-refractivity contribution in [1.29, 1.82) is 0 Å². The average Bonchev–Trinajstić information content (AvgIpc) is 2.90. The number of carbonyl (C=O) groups is 1. The number of aryl methyl sites for hydroxylation is 1. The van der Waals surface area contributed by atoms with Crippen LogP contribution in [0.15, 0.2) is 42.5 Å². The van der Waals surface area contributed by atoms with Crippen LogP contribution < -0.4 is 9.62 Å². The summed E-state index contributed by atoms with van der Waals surface area (Å²) in [5.74, 6) is -0.735. The van der Waals surface area contributed by atoms with Crippen molar-refractivity contribution in [3.05, 3.63) is 59.4 Å². The fraction of sp³-hybridized carbons (Fsp3) is 0.235. The van der Waals surface area contributed by atoms with Gasteiger partial charge in [-0.3, -0.25) is 9.10 Å². The molecule has 0 radical (unpaired) electrons. The van der Waals surface area contributed by atoms with Crippen molar-refractivity contribution in [1.82, 2.24) is 0 Å². The lowest BCUT2D eigenvalue weighted by Crippen LogP contribution is -2.25. The molecule has 24 heavy (non-hydrogen) atoms. The fourth-order valence-corrected chi connectivity index (χ4v) is 4.21. The third kappa shape index (κ3) is 3.26. The predicted octanol–water partition coefficient (Wildman–Crippen LogP) is 2.93. The Morgan fingerprint density at radius 3 is 2.71 bits per heavy atom. The van der Waals surface area contributed by atoms with Gasteiger partial charge in [0.1, 0.15) is 5.82 Å². The van der Waals surface area contributed by atoms with Gasteiger partial charge in [0.15, 0.2) is 0 Å². The summed E-state index contributed by atoms with van der Waals surface area (Å²) in [7, 11) is -3.30. The second-order valence-electron chi connectivity index (χ2n) is 5.71. The Bertz CT molecular complexity index is 896. The van der Waals surface area contributed by atoms with E-state index < -0.39 is 21.7 Å². The third-order valence-corrected chi connectivity index (χ3v) is 5.81. The monoisotopic (exact) mass is 348 g/mol. The van der Waals surface area contributed by atoms with E-state index in [0.717, 1.165) is 5.56 Å². The Labute approximate surface area is 140 Å². The Kier molecular flexibility index (Phi) is 4.28. The number of sulfonamides is 1. The molecular weight excluding hydrogens is 331 g/mol. The number of anilines is 2. The summed E-state index contributed by atoms with van der Waals surface area (Å²) >= 11 is 0. The van der Waals surface area contributed by atoms with E-state index >= 15 is 0 Å². The minimum Gasteiger partial charge on any atom is -0.322 e. The number of nitrogens with one attached hydrogen (secondary N) is 1. The maximum Gasteiger partial charge on any atom is 0.255 e. The van der Waals surface area contributed by atoms with Crippen LogP contribution in [0.25, 0.3) is 0 Å². The molecule has 1 aliphatic heterocycles. The summed E-state index contributed by atoms with van der Waals surface area (Å²) in [5, 5.41) is 2.66. The van der Waals surface area contributed by atoms with Gasteiger partial charge < -0.3 is 5.32 Å². The number of hydrogen-bond donors (Lipinski definition) is 1. The van der Waals surface area contributed by atoms with Crippen LogP contribution in [0.5, 0.6) is 0 Å². The van der Waals surface area contributed by atoms with E-state index in [1.807, 2.05) is 0 Å². The van der Waals surface area contributed by atoms with E-state index in [4.69, 9.17) is 0 Å². The molecule has 0 bridgehead atoms. The number of rotatable bonds is 3. The van der Waals surface area contributed by atoms with Crippen molar-refractivity contribution >= 4 is 27.3 Å². The molecule has 1 amide bonds. The van der Waals surface area contributed by atoms with Gasteiger partial charge in [0.2, 0.25) is 10.0 Å². The summed E-state index contributed by atoms with van der Waals surface area (Å²) in [5.41, 5.74) is 1.91. The highest BCUT2D eigenvalue weighted by atomic mass is 32.2. The van der Waals surface area contributed by atoms with Crippen LogP contribution in [0, 0.1) is 12.7 Å². The van der Waals surface area contributed by atoms with Gasteiger partial charge in [0, 0.05) is 17.8 Å². The number of amides is 1. The zero-order valence-corrected chi connectivity index (χ0v) is 13.9. The first-order valence-corrected chi connectivity index (χ1v) is 9.16. The molecule has 2 aromatic carbocycles. The first-order chi connectivity index (χ1) is 11.4. The Morgan fingerprint density at radius 2 is 2.00 bits per heavy atom. The average molecular weight is 348 g/mol.